The second-order valence-corrected chi connectivity index (χ2v) is 3.52. The molecule has 1 aromatic rings. The molecule has 0 spiro atoms. The highest BCUT2D eigenvalue weighted by molar-refractivity contribution is 6.02. The van der Waals surface area contributed by atoms with Crippen LogP contribution in [-0.2, 0) is 6.42 Å². The third kappa shape index (κ3) is 1.43. The zero-order valence-electron chi connectivity index (χ0n) is 8.03. The molecular formula is C12H13NO. The molecule has 14 heavy (non-hydrogen) atoms. The van der Waals surface area contributed by atoms with Crippen molar-refractivity contribution in [2.75, 3.05) is 0 Å². The summed E-state index contributed by atoms with van der Waals surface area (Å²) >= 11 is 0. The van der Waals surface area contributed by atoms with Gasteiger partial charge in [-0.3, -0.25) is 0 Å². The lowest BCUT2D eigenvalue weighted by molar-refractivity contribution is 0.317. The van der Waals surface area contributed by atoms with E-state index in [0.29, 0.717) is 0 Å². The van der Waals surface area contributed by atoms with E-state index in [9.17, 15) is 0 Å². The molecule has 0 amide bonds. The molecule has 0 heterocycles. The maximum Gasteiger partial charge on any atom is 0.0870 e. The monoisotopic (exact) mass is 187 g/mol. The fourth-order valence-corrected chi connectivity index (χ4v) is 1.91. The molecule has 1 aliphatic carbocycles. The molecule has 1 aromatic carbocycles. The smallest absolute Gasteiger partial charge is 0.0870 e. The number of aryl methyl sites for hydroxylation is 1. The minimum Gasteiger partial charge on any atom is -0.411 e. The van der Waals surface area contributed by atoms with Crippen molar-refractivity contribution in [2.45, 2.75) is 19.3 Å². The van der Waals surface area contributed by atoms with Gasteiger partial charge >= 0.3 is 0 Å². The maximum absolute atomic E-state index is 8.83. The van der Waals surface area contributed by atoms with Crippen molar-refractivity contribution in [1.82, 2.24) is 0 Å². The number of hydrogen-bond acceptors (Lipinski definition) is 2. The lowest BCUT2D eigenvalue weighted by Gasteiger charge is -2.16. The molecule has 2 nitrogen and oxygen atoms in total. The van der Waals surface area contributed by atoms with E-state index in [-0.39, 0.29) is 0 Å². The maximum atomic E-state index is 8.83. The molecule has 0 atom stereocenters. The first-order valence-electron chi connectivity index (χ1n) is 4.82. The molecule has 0 aromatic heterocycles. The molecule has 72 valence electrons. The van der Waals surface area contributed by atoms with E-state index >= 15 is 0 Å². The van der Waals surface area contributed by atoms with Gasteiger partial charge in [0.25, 0.3) is 0 Å². The van der Waals surface area contributed by atoms with E-state index in [1.807, 2.05) is 18.2 Å². The van der Waals surface area contributed by atoms with E-state index in [0.717, 1.165) is 36.1 Å². The number of hydrogen-bond donors (Lipinski definition) is 1. The van der Waals surface area contributed by atoms with Crippen LogP contribution in [0, 0.1) is 0 Å². The summed E-state index contributed by atoms with van der Waals surface area (Å²) in [5, 5.41) is 12.2. The topological polar surface area (TPSA) is 32.6 Å². The van der Waals surface area contributed by atoms with Gasteiger partial charge in [0, 0.05) is 5.56 Å². The molecule has 2 rings (SSSR count). The van der Waals surface area contributed by atoms with Crippen LogP contribution < -0.4 is 0 Å². The average Bonchev–Trinajstić information content (AvgIpc) is 2.27. The number of fused-ring (bicyclic) bond motifs is 1. The molecule has 0 fully saturated rings. The van der Waals surface area contributed by atoms with Gasteiger partial charge in [-0.15, -0.1) is 0 Å². The van der Waals surface area contributed by atoms with E-state index in [2.05, 4.69) is 17.8 Å². The summed E-state index contributed by atoms with van der Waals surface area (Å²) in [5.74, 6) is 0. The molecule has 0 saturated carbocycles. The summed E-state index contributed by atoms with van der Waals surface area (Å²) in [6, 6.07) is 6.13. The van der Waals surface area contributed by atoms with Gasteiger partial charge < -0.3 is 5.21 Å². The second kappa shape index (κ2) is 3.66. The van der Waals surface area contributed by atoms with E-state index in [4.69, 9.17) is 5.21 Å². The summed E-state index contributed by atoms with van der Waals surface area (Å²) in [7, 11) is 0. The Kier molecular flexibility index (Phi) is 2.35. The van der Waals surface area contributed by atoms with Gasteiger partial charge in [-0.1, -0.05) is 36.0 Å². The normalized spacial score (nSPS) is 17.9. The Morgan fingerprint density at radius 3 is 2.93 bits per heavy atom. The van der Waals surface area contributed by atoms with Crippen LogP contribution in [0.5, 0.6) is 0 Å². The number of nitrogens with zero attached hydrogens (tertiary/aromatic N) is 1. The van der Waals surface area contributed by atoms with Crippen LogP contribution in [0.2, 0.25) is 0 Å². The Balaban J connectivity index is 2.51. The standard InChI is InChI=1S/C12H13NO/c1-2-9-6-7-11-10(8-9)4-3-5-12(11)13-14/h2,6-8,14H,1,3-5H2/b13-12-. The molecule has 2 heteroatoms. The Morgan fingerprint density at radius 2 is 2.21 bits per heavy atom. The van der Waals surface area contributed by atoms with Crippen LogP contribution in [0.3, 0.4) is 0 Å². The van der Waals surface area contributed by atoms with E-state index in [1.54, 1.807) is 0 Å². The quantitative estimate of drug-likeness (QED) is 0.532. The minimum absolute atomic E-state index is 0.807. The first kappa shape index (κ1) is 9.00. The third-order valence-electron chi connectivity index (χ3n) is 2.66. The molecule has 0 unspecified atom stereocenters. The molecule has 0 bridgehead atoms. The van der Waals surface area contributed by atoms with Crippen molar-refractivity contribution in [3.05, 3.63) is 41.5 Å². The van der Waals surface area contributed by atoms with Crippen molar-refractivity contribution in [1.29, 1.82) is 0 Å². The first-order chi connectivity index (χ1) is 6.85. The third-order valence-corrected chi connectivity index (χ3v) is 2.66. The van der Waals surface area contributed by atoms with E-state index < -0.39 is 0 Å². The zero-order chi connectivity index (χ0) is 9.97. The summed E-state index contributed by atoms with van der Waals surface area (Å²) < 4.78 is 0. The highest BCUT2D eigenvalue weighted by Gasteiger charge is 2.15. The van der Waals surface area contributed by atoms with Gasteiger partial charge in [0.2, 0.25) is 0 Å². The molecule has 0 saturated heterocycles. The Morgan fingerprint density at radius 1 is 1.36 bits per heavy atom. The fraction of sp³-hybridized carbons (Fsp3) is 0.250. The van der Waals surface area contributed by atoms with E-state index in [1.165, 1.54) is 5.56 Å². The second-order valence-electron chi connectivity index (χ2n) is 3.52. The minimum atomic E-state index is 0.807. The number of benzene rings is 1. The van der Waals surface area contributed by atoms with Crippen molar-refractivity contribution < 1.29 is 5.21 Å². The van der Waals surface area contributed by atoms with Gasteiger partial charge in [0.05, 0.1) is 5.71 Å². The fourth-order valence-electron chi connectivity index (χ4n) is 1.91. The summed E-state index contributed by atoms with van der Waals surface area (Å²) in [5.41, 5.74) is 4.29. The van der Waals surface area contributed by atoms with Gasteiger partial charge in [-0.25, -0.2) is 0 Å². The predicted octanol–water partition coefficient (Wildman–Crippen LogP) is 2.84. The molecule has 0 radical (unpaired) electrons. The van der Waals surface area contributed by atoms with Crippen molar-refractivity contribution >= 4 is 11.8 Å². The van der Waals surface area contributed by atoms with Crippen molar-refractivity contribution in [2.24, 2.45) is 5.16 Å². The van der Waals surface area contributed by atoms with Gasteiger partial charge in [0.1, 0.15) is 0 Å². The number of rotatable bonds is 1. The Labute approximate surface area is 83.6 Å². The summed E-state index contributed by atoms with van der Waals surface area (Å²) in [4.78, 5) is 0. The molecule has 1 aliphatic rings. The van der Waals surface area contributed by atoms with Crippen LogP contribution in [0.4, 0.5) is 0 Å². The zero-order valence-corrected chi connectivity index (χ0v) is 8.03. The van der Waals surface area contributed by atoms with Crippen LogP contribution in [-0.4, -0.2) is 10.9 Å². The molecular weight excluding hydrogens is 174 g/mol. The highest BCUT2D eigenvalue weighted by Crippen LogP contribution is 2.23. The SMILES string of the molecule is C=Cc1ccc2c(c1)CCC/C2=N/O. The highest BCUT2D eigenvalue weighted by atomic mass is 16.4. The van der Waals surface area contributed by atoms with Crippen LogP contribution in [0.25, 0.3) is 6.08 Å². The lowest BCUT2D eigenvalue weighted by Crippen LogP contribution is -2.11. The predicted molar refractivity (Wildman–Crippen MR) is 57.8 cm³/mol. The lowest BCUT2D eigenvalue weighted by atomic mass is 9.89. The number of oxime groups is 1. The Hall–Kier alpha value is -1.57. The van der Waals surface area contributed by atoms with Crippen LogP contribution >= 0.6 is 0 Å². The largest absolute Gasteiger partial charge is 0.411 e. The summed E-state index contributed by atoms with van der Waals surface area (Å²) in [6.07, 6.45) is 4.84. The van der Waals surface area contributed by atoms with Crippen LogP contribution in [0.1, 0.15) is 29.5 Å². The van der Waals surface area contributed by atoms with Gasteiger partial charge in [-0.05, 0) is 30.4 Å². The van der Waals surface area contributed by atoms with Crippen LogP contribution in [0.15, 0.2) is 29.9 Å². The molecule has 1 N–H and O–H groups in total. The first-order valence-corrected chi connectivity index (χ1v) is 4.82. The average molecular weight is 187 g/mol. The van der Waals surface area contributed by atoms with Crippen molar-refractivity contribution in [3.8, 4) is 0 Å². The Bertz CT molecular complexity index is 393. The van der Waals surface area contributed by atoms with Crippen molar-refractivity contribution in [3.63, 3.8) is 0 Å². The van der Waals surface area contributed by atoms with Gasteiger partial charge in [0.15, 0.2) is 0 Å². The molecule has 0 aliphatic heterocycles. The van der Waals surface area contributed by atoms with Gasteiger partial charge in [-0.2, -0.15) is 0 Å². The summed E-state index contributed by atoms with van der Waals surface area (Å²) in [6.45, 7) is 3.74.